The lowest BCUT2D eigenvalue weighted by Gasteiger charge is -2.44. The molecular formula is C25H37BrO3. The first-order chi connectivity index (χ1) is 13.9. The number of halogens is 1. The van der Waals surface area contributed by atoms with Crippen LogP contribution >= 0.6 is 15.9 Å². The molecule has 0 saturated heterocycles. The van der Waals surface area contributed by atoms with Gasteiger partial charge in [-0.3, -0.25) is 4.79 Å². The van der Waals surface area contributed by atoms with Crippen molar-refractivity contribution < 1.29 is 14.3 Å². The summed E-state index contributed by atoms with van der Waals surface area (Å²) >= 11 is 3.18. The normalized spacial score (nSPS) is 36.3. The number of hydrogen-bond acceptors (Lipinski definition) is 3. The van der Waals surface area contributed by atoms with Crippen LogP contribution in [0, 0.1) is 23.2 Å². The van der Waals surface area contributed by atoms with Gasteiger partial charge in [0.1, 0.15) is 11.4 Å². The van der Waals surface area contributed by atoms with Crippen molar-refractivity contribution in [3.05, 3.63) is 35.5 Å². The Morgan fingerprint density at radius 3 is 2.83 bits per heavy atom. The van der Waals surface area contributed by atoms with Crippen molar-refractivity contribution >= 4 is 21.9 Å². The Morgan fingerprint density at radius 1 is 1.31 bits per heavy atom. The van der Waals surface area contributed by atoms with Crippen LogP contribution in [0.25, 0.3) is 0 Å². The first-order valence-electron chi connectivity index (χ1n) is 11.2. The fourth-order valence-corrected chi connectivity index (χ4v) is 6.42. The van der Waals surface area contributed by atoms with E-state index in [9.17, 15) is 4.79 Å². The molecule has 0 radical (unpaired) electrons. The Bertz CT molecular complexity index is 680. The number of carbonyl (C=O) groups excluding carboxylic acids is 1. The maximum atomic E-state index is 11.6. The Labute approximate surface area is 185 Å². The molecule has 0 bridgehead atoms. The summed E-state index contributed by atoms with van der Waals surface area (Å²) < 4.78 is 11.0. The average Bonchev–Trinajstić information content (AvgIpc) is 3.06. The summed E-state index contributed by atoms with van der Waals surface area (Å²) in [5.74, 6) is 1.89. The van der Waals surface area contributed by atoms with Gasteiger partial charge in [0.05, 0.1) is 0 Å². The quantitative estimate of drug-likeness (QED) is 0.337. The van der Waals surface area contributed by atoms with E-state index in [0.717, 1.165) is 31.8 Å². The highest BCUT2D eigenvalue weighted by Crippen LogP contribution is 2.59. The van der Waals surface area contributed by atoms with E-state index in [4.69, 9.17) is 9.47 Å². The Balaban J connectivity index is 1.74. The predicted octanol–water partition coefficient (Wildman–Crippen LogP) is 6.38. The van der Waals surface area contributed by atoms with Gasteiger partial charge in [-0.15, -0.1) is 0 Å². The third kappa shape index (κ3) is 5.07. The second kappa shape index (κ2) is 9.96. The maximum Gasteiger partial charge on any atom is 0.316 e. The molecule has 0 aromatic carbocycles. The van der Waals surface area contributed by atoms with Crippen molar-refractivity contribution in [1.82, 2.24) is 0 Å². The molecule has 3 rings (SSSR count). The molecule has 162 valence electrons. The van der Waals surface area contributed by atoms with Crippen molar-refractivity contribution in [2.24, 2.45) is 23.2 Å². The molecule has 0 aromatic rings. The van der Waals surface area contributed by atoms with Crippen molar-refractivity contribution in [2.75, 3.05) is 19.0 Å². The molecule has 0 spiro atoms. The van der Waals surface area contributed by atoms with Gasteiger partial charge in [0.15, 0.2) is 0 Å². The average molecular weight is 465 g/mol. The number of hydrogen-bond donors (Lipinski definition) is 0. The fraction of sp³-hybridized carbons (Fsp3) is 0.720. The van der Waals surface area contributed by atoms with Gasteiger partial charge in [0, 0.05) is 20.1 Å². The summed E-state index contributed by atoms with van der Waals surface area (Å²) in [6, 6.07) is 0. The number of alkyl halides is 1. The summed E-state index contributed by atoms with van der Waals surface area (Å²) in [5, 5.41) is 0.260. The molecule has 29 heavy (non-hydrogen) atoms. The lowest BCUT2D eigenvalue weighted by molar-refractivity contribution is -0.146. The Kier molecular flexibility index (Phi) is 7.83. The minimum Gasteiger partial charge on any atom is -0.461 e. The van der Waals surface area contributed by atoms with Gasteiger partial charge in [-0.25, -0.2) is 0 Å². The zero-order valence-electron chi connectivity index (χ0n) is 18.3. The van der Waals surface area contributed by atoms with Gasteiger partial charge in [0.25, 0.3) is 0 Å². The monoisotopic (exact) mass is 464 g/mol. The van der Waals surface area contributed by atoms with Crippen LogP contribution in [0.2, 0.25) is 0 Å². The van der Waals surface area contributed by atoms with Crippen molar-refractivity contribution in [1.29, 1.82) is 0 Å². The predicted molar refractivity (Wildman–Crippen MR) is 122 cm³/mol. The van der Waals surface area contributed by atoms with Gasteiger partial charge in [-0.1, -0.05) is 59.7 Å². The summed E-state index contributed by atoms with van der Waals surface area (Å²) in [7, 11) is 1.82. The van der Waals surface area contributed by atoms with Gasteiger partial charge >= 0.3 is 5.97 Å². The Hall–Kier alpha value is -0.870. The standard InChI is InChI=1S/C25H37BrO3/c1-17-7-10-21(29-24(27)15-26)14-20(17)9-8-19-6-5-13-25(3)22(11-12-23(19)25)18(2)16-28-4/h8-9,18,21-23H,1,5-7,10-16H2,2-4H3/b19-8+,20-9-/t18-,21+,22-,23?,25-/m1/s1. The smallest absolute Gasteiger partial charge is 0.316 e. The first kappa shape index (κ1) is 22.8. The number of rotatable bonds is 6. The molecule has 0 N–H and O–H groups in total. The molecular weight excluding hydrogens is 428 g/mol. The minimum atomic E-state index is -0.176. The van der Waals surface area contributed by atoms with E-state index >= 15 is 0 Å². The number of allylic oxidation sites excluding steroid dienone is 4. The maximum absolute atomic E-state index is 11.6. The van der Waals surface area contributed by atoms with Gasteiger partial charge < -0.3 is 9.47 Å². The topological polar surface area (TPSA) is 35.5 Å². The number of carbonyl (C=O) groups is 1. The SMILES string of the molecule is C=C1CC[C@H](OC(=O)CBr)C/C1=C/C=C1\CCC[C@@]2(C)C1CC[C@@H]2[C@H](C)COC. The van der Waals surface area contributed by atoms with Crippen LogP contribution in [-0.4, -0.2) is 31.1 Å². The molecule has 3 nitrogen and oxygen atoms in total. The molecule has 0 amide bonds. The molecule has 3 aliphatic carbocycles. The second-order valence-corrected chi connectivity index (χ2v) is 10.1. The van der Waals surface area contributed by atoms with Crippen LogP contribution in [0.1, 0.15) is 65.2 Å². The molecule has 0 heterocycles. The van der Waals surface area contributed by atoms with E-state index in [0.29, 0.717) is 17.3 Å². The first-order valence-corrected chi connectivity index (χ1v) is 12.3. The highest BCUT2D eigenvalue weighted by Gasteiger charge is 2.50. The van der Waals surface area contributed by atoms with E-state index in [-0.39, 0.29) is 17.4 Å². The number of ether oxygens (including phenoxy) is 2. The summed E-state index contributed by atoms with van der Waals surface area (Å²) in [4.78, 5) is 11.6. The zero-order chi connectivity index (χ0) is 21.0. The van der Waals surface area contributed by atoms with Crippen molar-refractivity contribution in [3.63, 3.8) is 0 Å². The third-order valence-corrected chi connectivity index (χ3v) is 8.19. The lowest BCUT2D eigenvalue weighted by Crippen LogP contribution is -2.37. The largest absolute Gasteiger partial charge is 0.461 e. The number of fused-ring (bicyclic) bond motifs is 1. The van der Waals surface area contributed by atoms with Crippen LogP contribution in [0.4, 0.5) is 0 Å². The van der Waals surface area contributed by atoms with E-state index < -0.39 is 0 Å². The van der Waals surface area contributed by atoms with E-state index in [1.165, 1.54) is 43.3 Å². The van der Waals surface area contributed by atoms with Crippen molar-refractivity contribution in [3.8, 4) is 0 Å². The molecule has 1 unspecified atom stereocenters. The molecule has 3 saturated carbocycles. The Morgan fingerprint density at radius 2 is 2.10 bits per heavy atom. The van der Waals surface area contributed by atoms with Crippen LogP contribution in [0.15, 0.2) is 35.5 Å². The molecule has 3 fully saturated rings. The highest BCUT2D eigenvalue weighted by molar-refractivity contribution is 9.09. The highest BCUT2D eigenvalue weighted by atomic mass is 79.9. The molecule has 0 aliphatic heterocycles. The van der Waals surface area contributed by atoms with E-state index in [2.05, 4.69) is 48.5 Å². The number of methoxy groups -OCH3 is 1. The van der Waals surface area contributed by atoms with Crippen molar-refractivity contribution in [2.45, 2.75) is 71.3 Å². The molecule has 4 heteroatoms. The lowest BCUT2D eigenvalue weighted by atomic mass is 9.61. The molecule has 5 atom stereocenters. The minimum absolute atomic E-state index is 0.0161. The second-order valence-electron chi connectivity index (χ2n) is 9.55. The summed E-state index contributed by atoms with van der Waals surface area (Å²) in [5.41, 5.74) is 4.47. The van der Waals surface area contributed by atoms with Crippen LogP contribution < -0.4 is 0 Å². The fourth-order valence-electron chi connectivity index (χ4n) is 6.29. The molecule has 0 aromatic heterocycles. The van der Waals surface area contributed by atoms with Crippen LogP contribution in [0.3, 0.4) is 0 Å². The third-order valence-electron chi connectivity index (χ3n) is 7.73. The van der Waals surface area contributed by atoms with Gasteiger partial charge in [-0.2, -0.15) is 0 Å². The van der Waals surface area contributed by atoms with Gasteiger partial charge in [-0.05, 0) is 73.7 Å². The summed E-state index contributed by atoms with van der Waals surface area (Å²) in [6.45, 7) is 10.0. The number of esters is 1. The van der Waals surface area contributed by atoms with Crippen LogP contribution in [0.5, 0.6) is 0 Å². The van der Waals surface area contributed by atoms with Crippen LogP contribution in [-0.2, 0) is 14.3 Å². The van der Waals surface area contributed by atoms with Gasteiger partial charge in [0.2, 0.25) is 0 Å². The zero-order valence-corrected chi connectivity index (χ0v) is 19.9. The molecule has 3 aliphatic rings. The van der Waals surface area contributed by atoms with E-state index in [1.54, 1.807) is 5.57 Å². The van der Waals surface area contributed by atoms with E-state index in [1.807, 2.05) is 7.11 Å². The summed E-state index contributed by atoms with van der Waals surface area (Å²) in [6.07, 6.45) is 13.7.